The molecule has 0 amide bonds. The van der Waals surface area contributed by atoms with Crippen molar-refractivity contribution in [2.24, 2.45) is 0 Å². The molecule has 0 unspecified atom stereocenters. The van der Waals surface area contributed by atoms with E-state index in [4.69, 9.17) is 16.7 Å². The summed E-state index contributed by atoms with van der Waals surface area (Å²) in [5.74, 6) is -0.669. The lowest BCUT2D eigenvalue weighted by molar-refractivity contribution is -0.136. The topological polar surface area (TPSA) is 121 Å². The Kier molecular flexibility index (Phi) is 6.79. The van der Waals surface area contributed by atoms with Crippen molar-refractivity contribution in [1.82, 2.24) is 9.97 Å². The van der Waals surface area contributed by atoms with E-state index >= 15 is 0 Å². The molecule has 1 aromatic carbocycles. The Bertz CT molecular complexity index is 924. The third kappa shape index (κ3) is 5.82. The lowest BCUT2D eigenvalue weighted by atomic mass is 10.1. The lowest BCUT2D eigenvalue weighted by Gasteiger charge is -2.15. The number of aromatic nitrogens is 2. The maximum atomic E-state index is 12.0. The van der Waals surface area contributed by atoms with E-state index < -0.39 is 16.0 Å². The van der Waals surface area contributed by atoms with Crippen LogP contribution in [0, 0.1) is 0 Å². The average Bonchev–Trinajstić information content (AvgIpc) is 2.58. The molecular weight excluding hydrogens is 448 g/mol. The van der Waals surface area contributed by atoms with Gasteiger partial charge in [0, 0.05) is 12.6 Å². The van der Waals surface area contributed by atoms with E-state index in [0.717, 1.165) is 0 Å². The lowest BCUT2D eigenvalue weighted by Crippen LogP contribution is -2.16. The van der Waals surface area contributed by atoms with E-state index in [1.807, 2.05) is 0 Å². The van der Waals surface area contributed by atoms with Crippen molar-refractivity contribution in [2.45, 2.75) is 19.8 Å². The van der Waals surface area contributed by atoms with Crippen molar-refractivity contribution < 1.29 is 18.3 Å². The van der Waals surface area contributed by atoms with Crippen molar-refractivity contribution in [3.63, 3.8) is 0 Å². The zero-order valence-corrected chi connectivity index (χ0v) is 16.8. The number of carboxylic acids is 1. The molecule has 1 heterocycles. The van der Waals surface area contributed by atoms with E-state index in [-0.39, 0.29) is 29.6 Å². The molecule has 140 valence electrons. The van der Waals surface area contributed by atoms with E-state index in [1.54, 1.807) is 18.2 Å². The number of rotatable bonds is 8. The van der Waals surface area contributed by atoms with E-state index in [9.17, 15) is 13.2 Å². The second kappa shape index (κ2) is 8.65. The Hall–Kier alpha value is -1.91. The molecule has 3 N–H and O–H groups in total. The first-order valence-corrected chi connectivity index (χ1v) is 10.3. The van der Waals surface area contributed by atoms with Gasteiger partial charge < -0.3 is 10.4 Å². The molecule has 0 fully saturated rings. The second-order valence-electron chi connectivity index (χ2n) is 5.24. The molecule has 0 bridgehead atoms. The minimum atomic E-state index is -3.53. The van der Waals surface area contributed by atoms with Crippen LogP contribution in [0.3, 0.4) is 0 Å². The van der Waals surface area contributed by atoms with Crippen LogP contribution in [0.15, 0.2) is 28.9 Å². The number of sulfonamides is 1. The number of hydrogen-bond acceptors (Lipinski definition) is 6. The third-order valence-electron chi connectivity index (χ3n) is 3.32. The Morgan fingerprint density at radius 2 is 2.08 bits per heavy atom. The molecule has 11 heteroatoms. The van der Waals surface area contributed by atoms with Gasteiger partial charge in [-0.1, -0.05) is 6.07 Å². The van der Waals surface area contributed by atoms with Crippen LogP contribution < -0.4 is 10.0 Å². The summed E-state index contributed by atoms with van der Waals surface area (Å²) in [6.45, 7) is 1.52. The van der Waals surface area contributed by atoms with Crippen LogP contribution in [-0.4, -0.2) is 35.2 Å². The standard InChI is InChI=1S/C15H16BrClN4O4S/c1-2-26(24,25)21-12-7-9(4-6-13(22)23)3-5-11(12)19-14-10(16)8-18-15(17)20-14/h3,5,7-8,21H,2,4,6H2,1H3,(H,22,23)(H,18,19,20). The number of benzene rings is 1. The van der Waals surface area contributed by atoms with E-state index in [2.05, 4.69) is 35.9 Å². The summed E-state index contributed by atoms with van der Waals surface area (Å²) in [5, 5.41) is 11.8. The Balaban J connectivity index is 2.39. The minimum absolute atomic E-state index is 0.0319. The number of carboxylic acid groups (broad SMARTS) is 1. The van der Waals surface area contributed by atoms with Gasteiger partial charge in [0.1, 0.15) is 5.82 Å². The molecule has 2 rings (SSSR count). The van der Waals surface area contributed by atoms with Crippen molar-refractivity contribution in [3.8, 4) is 0 Å². The summed E-state index contributed by atoms with van der Waals surface area (Å²) >= 11 is 9.09. The summed E-state index contributed by atoms with van der Waals surface area (Å²) in [6.07, 6.45) is 1.69. The highest BCUT2D eigenvalue weighted by Gasteiger charge is 2.14. The van der Waals surface area contributed by atoms with Crippen molar-refractivity contribution in [3.05, 3.63) is 39.7 Å². The maximum absolute atomic E-state index is 12.0. The molecule has 0 aliphatic carbocycles. The highest BCUT2D eigenvalue weighted by atomic mass is 79.9. The van der Waals surface area contributed by atoms with Gasteiger partial charge in [0.25, 0.3) is 0 Å². The molecule has 26 heavy (non-hydrogen) atoms. The predicted molar refractivity (Wildman–Crippen MR) is 104 cm³/mol. The number of aliphatic carboxylic acids is 1. The molecule has 2 aromatic rings. The largest absolute Gasteiger partial charge is 0.481 e. The van der Waals surface area contributed by atoms with Crippen molar-refractivity contribution in [2.75, 3.05) is 15.8 Å². The summed E-state index contributed by atoms with van der Waals surface area (Å²) < 4.78 is 27.0. The molecule has 8 nitrogen and oxygen atoms in total. The van der Waals surface area contributed by atoms with Crippen LogP contribution in [0.2, 0.25) is 5.28 Å². The second-order valence-corrected chi connectivity index (χ2v) is 8.44. The first kappa shape index (κ1) is 20.4. The zero-order valence-electron chi connectivity index (χ0n) is 13.7. The molecule has 0 spiro atoms. The maximum Gasteiger partial charge on any atom is 0.303 e. The minimum Gasteiger partial charge on any atom is -0.481 e. The van der Waals surface area contributed by atoms with Gasteiger partial charge in [-0.05, 0) is 58.6 Å². The van der Waals surface area contributed by atoms with Gasteiger partial charge in [-0.2, -0.15) is 4.98 Å². The quantitative estimate of drug-likeness (QED) is 0.513. The monoisotopic (exact) mass is 462 g/mol. The number of hydrogen-bond donors (Lipinski definition) is 3. The SMILES string of the molecule is CCS(=O)(=O)Nc1cc(CCC(=O)O)ccc1Nc1nc(Cl)ncc1Br. The van der Waals surface area contributed by atoms with Crippen LogP contribution in [-0.2, 0) is 21.2 Å². The zero-order chi connectivity index (χ0) is 19.3. The van der Waals surface area contributed by atoms with Crippen LogP contribution in [0.1, 0.15) is 18.9 Å². The van der Waals surface area contributed by atoms with Crippen molar-refractivity contribution in [1.29, 1.82) is 0 Å². The Labute approximate surface area is 164 Å². The third-order valence-corrected chi connectivity index (χ3v) is 5.38. The fourth-order valence-corrected chi connectivity index (χ4v) is 3.06. The van der Waals surface area contributed by atoms with Gasteiger partial charge in [0.15, 0.2) is 0 Å². The van der Waals surface area contributed by atoms with Gasteiger partial charge in [0.2, 0.25) is 15.3 Å². The fourth-order valence-electron chi connectivity index (χ4n) is 1.99. The molecule has 0 aliphatic heterocycles. The average molecular weight is 464 g/mol. The number of aryl methyl sites for hydroxylation is 1. The van der Waals surface area contributed by atoms with Crippen LogP contribution in [0.25, 0.3) is 0 Å². The van der Waals surface area contributed by atoms with Gasteiger partial charge >= 0.3 is 5.97 Å². The normalized spacial score (nSPS) is 11.2. The van der Waals surface area contributed by atoms with Crippen LogP contribution in [0.5, 0.6) is 0 Å². The van der Waals surface area contributed by atoms with Crippen LogP contribution in [0.4, 0.5) is 17.2 Å². The number of nitrogens with one attached hydrogen (secondary N) is 2. The molecule has 0 saturated heterocycles. The number of halogens is 2. The summed E-state index contributed by atoms with van der Waals surface area (Å²) in [5.41, 5.74) is 1.42. The number of anilines is 3. The van der Waals surface area contributed by atoms with Crippen molar-refractivity contribution >= 4 is 60.7 Å². The first-order valence-electron chi connectivity index (χ1n) is 7.50. The molecule has 0 atom stereocenters. The van der Waals surface area contributed by atoms with E-state index in [1.165, 1.54) is 13.1 Å². The number of carbonyl (C=O) groups is 1. The predicted octanol–water partition coefficient (Wildman–Crippen LogP) is 3.41. The highest BCUT2D eigenvalue weighted by Crippen LogP contribution is 2.31. The Morgan fingerprint density at radius 3 is 2.73 bits per heavy atom. The smallest absolute Gasteiger partial charge is 0.303 e. The van der Waals surface area contributed by atoms with Crippen LogP contribution >= 0.6 is 27.5 Å². The summed E-state index contributed by atoms with van der Waals surface area (Å²) in [7, 11) is -3.53. The molecule has 0 aliphatic rings. The Morgan fingerprint density at radius 1 is 1.35 bits per heavy atom. The highest BCUT2D eigenvalue weighted by molar-refractivity contribution is 9.10. The van der Waals surface area contributed by atoms with Gasteiger partial charge in [-0.15, -0.1) is 0 Å². The molecule has 1 aromatic heterocycles. The molecule has 0 radical (unpaired) electrons. The van der Waals surface area contributed by atoms with Gasteiger partial charge in [0.05, 0.1) is 21.6 Å². The molecular formula is C15H16BrClN4O4S. The van der Waals surface area contributed by atoms with Gasteiger partial charge in [-0.3, -0.25) is 9.52 Å². The summed E-state index contributed by atoms with van der Waals surface area (Å²) in [4.78, 5) is 18.6. The summed E-state index contributed by atoms with van der Waals surface area (Å²) in [6, 6.07) is 4.95. The fraction of sp³-hybridized carbons (Fsp3) is 0.267. The number of nitrogens with zero attached hydrogens (tertiary/aromatic N) is 2. The molecule has 0 saturated carbocycles. The van der Waals surface area contributed by atoms with Gasteiger partial charge in [-0.25, -0.2) is 13.4 Å². The first-order chi connectivity index (χ1) is 12.2. The van der Waals surface area contributed by atoms with E-state index in [0.29, 0.717) is 21.5 Å².